The predicted octanol–water partition coefficient (Wildman–Crippen LogP) is 2.01. The van der Waals surface area contributed by atoms with Crippen LogP contribution in [0.4, 0.5) is 0 Å². The standard InChI is InChI=1S/C12H26N2O/c1-5-7-8-9-14(4)12(15)11(13)10(3)6-2/h10-11H,5-9,13H2,1-4H3/t10-,11-/m0/s1. The number of carbonyl (C=O) groups excluding carboxylic acids is 1. The number of carbonyl (C=O) groups is 1. The zero-order chi connectivity index (χ0) is 11.8. The predicted molar refractivity (Wildman–Crippen MR) is 64.6 cm³/mol. The third kappa shape index (κ3) is 5.17. The Morgan fingerprint density at radius 1 is 1.33 bits per heavy atom. The van der Waals surface area contributed by atoms with Gasteiger partial charge in [0, 0.05) is 13.6 Å². The summed E-state index contributed by atoms with van der Waals surface area (Å²) in [6.45, 7) is 7.08. The van der Waals surface area contributed by atoms with E-state index in [1.54, 1.807) is 4.90 Å². The average Bonchev–Trinajstić information content (AvgIpc) is 2.26. The molecule has 90 valence electrons. The van der Waals surface area contributed by atoms with E-state index >= 15 is 0 Å². The van der Waals surface area contributed by atoms with Crippen molar-refractivity contribution < 1.29 is 4.79 Å². The highest BCUT2D eigenvalue weighted by Gasteiger charge is 2.22. The number of nitrogens with two attached hydrogens (primary N) is 1. The second-order valence-corrected chi connectivity index (χ2v) is 4.38. The minimum absolute atomic E-state index is 0.0838. The molecule has 0 saturated carbocycles. The summed E-state index contributed by atoms with van der Waals surface area (Å²) in [5.74, 6) is 0.353. The minimum atomic E-state index is -0.332. The van der Waals surface area contributed by atoms with Crippen molar-refractivity contribution in [3.8, 4) is 0 Å². The van der Waals surface area contributed by atoms with Crippen LogP contribution in [0, 0.1) is 5.92 Å². The molecule has 1 amide bonds. The Hall–Kier alpha value is -0.570. The quantitative estimate of drug-likeness (QED) is 0.659. The molecule has 0 unspecified atom stereocenters. The molecule has 0 saturated heterocycles. The summed E-state index contributed by atoms with van der Waals surface area (Å²) in [7, 11) is 1.85. The lowest BCUT2D eigenvalue weighted by atomic mass is 9.99. The smallest absolute Gasteiger partial charge is 0.239 e. The summed E-state index contributed by atoms with van der Waals surface area (Å²) in [5, 5.41) is 0. The van der Waals surface area contributed by atoms with Crippen LogP contribution in [0.3, 0.4) is 0 Å². The molecular formula is C12H26N2O. The second-order valence-electron chi connectivity index (χ2n) is 4.38. The Labute approximate surface area is 94.0 Å². The van der Waals surface area contributed by atoms with E-state index in [0.717, 1.165) is 19.4 Å². The van der Waals surface area contributed by atoms with Crippen LogP contribution in [-0.2, 0) is 4.79 Å². The normalized spacial score (nSPS) is 14.7. The first-order valence-electron chi connectivity index (χ1n) is 6.05. The highest BCUT2D eigenvalue weighted by molar-refractivity contribution is 5.81. The SMILES string of the molecule is CCCCCN(C)C(=O)[C@@H](N)[C@@H](C)CC. The van der Waals surface area contributed by atoms with Crippen LogP contribution >= 0.6 is 0 Å². The van der Waals surface area contributed by atoms with Gasteiger partial charge >= 0.3 is 0 Å². The number of likely N-dealkylation sites (N-methyl/N-ethyl adjacent to an activating group) is 1. The molecule has 3 heteroatoms. The number of unbranched alkanes of at least 4 members (excludes halogenated alkanes) is 2. The number of rotatable bonds is 7. The van der Waals surface area contributed by atoms with Crippen molar-refractivity contribution in [3.63, 3.8) is 0 Å². The summed E-state index contributed by atoms with van der Waals surface area (Å²) in [5.41, 5.74) is 5.89. The van der Waals surface area contributed by atoms with Crippen molar-refractivity contribution >= 4 is 5.91 Å². The first-order valence-corrected chi connectivity index (χ1v) is 6.05. The Bertz CT molecular complexity index is 182. The van der Waals surface area contributed by atoms with E-state index in [4.69, 9.17) is 5.73 Å². The van der Waals surface area contributed by atoms with E-state index in [0.29, 0.717) is 0 Å². The Balaban J connectivity index is 3.96. The van der Waals surface area contributed by atoms with Crippen LogP contribution in [0.25, 0.3) is 0 Å². The van der Waals surface area contributed by atoms with Crippen LogP contribution in [0.15, 0.2) is 0 Å². The van der Waals surface area contributed by atoms with Gasteiger partial charge in [-0.15, -0.1) is 0 Å². The van der Waals surface area contributed by atoms with Gasteiger partial charge in [0.2, 0.25) is 5.91 Å². The number of amides is 1. The summed E-state index contributed by atoms with van der Waals surface area (Å²) >= 11 is 0. The van der Waals surface area contributed by atoms with Crippen molar-refractivity contribution in [2.24, 2.45) is 11.7 Å². The van der Waals surface area contributed by atoms with E-state index in [9.17, 15) is 4.79 Å². The Morgan fingerprint density at radius 3 is 2.40 bits per heavy atom. The molecule has 0 bridgehead atoms. The largest absolute Gasteiger partial charge is 0.344 e. The molecule has 0 aromatic carbocycles. The van der Waals surface area contributed by atoms with E-state index in [-0.39, 0.29) is 17.9 Å². The molecule has 0 aromatic rings. The molecule has 0 spiro atoms. The zero-order valence-electron chi connectivity index (χ0n) is 10.6. The van der Waals surface area contributed by atoms with Crippen LogP contribution in [0.5, 0.6) is 0 Å². The maximum atomic E-state index is 11.8. The fourth-order valence-corrected chi connectivity index (χ4v) is 1.46. The maximum Gasteiger partial charge on any atom is 0.239 e. The van der Waals surface area contributed by atoms with E-state index in [1.165, 1.54) is 12.8 Å². The van der Waals surface area contributed by atoms with Crippen molar-refractivity contribution in [1.29, 1.82) is 0 Å². The van der Waals surface area contributed by atoms with Crippen LogP contribution < -0.4 is 5.73 Å². The van der Waals surface area contributed by atoms with Gasteiger partial charge in [0.05, 0.1) is 6.04 Å². The van der Waals surface area contributed by atoms with Crippen molar-refractivity contribution in [1.82, 2.24) is 4.90 Å². The molecule has 0 aliphatic heterocycles. The third-order valence-electron chi connectivity index (χ3n) is 3.02. The third-order valence-corrected chi connectivity index (χ3v) is 3.02. The summed E-state index contributed by atoms with van der Waals surface area (Å²) in [4.78, 5) is 13.6. The van der Waals surface area contributed by atoms with Gasteiger partial charge in [-0.3, -0.25) is 4.79 Å². The lowest BCUT2D eigenvalue weighted by molar-refractivity contribution is -0.132. The molecular weight excluding hydrogens is 188 g/mol. The van der Waals surface area contributed by atoms with Crippen LogP contribution in [0.2, 0.25) is 0 Å². The molecule has 0 aliphatic rings. The molecule has 2 N–H and O–H groups in total. The average molecular weight is 214 g/mol. The van der Waals surface area contributed by atoms with Gasteiger partial charge in [0.15, 0.2) is 0 Å². The first-order chi connectivity index (χ1) is 7.04. The highest BCUT2D eigenvalue weighted by atomic mass is 16.2. The fourth-order valence-electron chi connectivity index (χ4n) is 1.46. The molecule has 2 atom stereocenters. The molecule has 15 heavy (non-hydrogen) atoms. The molecule has 0 rings (SSSR count). The monoisotopic (exact) mass is 214 g/mol. The summed E-state index contributed by atoms with van der Waals surface area (Å²) in [6.07, 6.45) is 4.39. The van der Waals surface area contributed by atoms with Gasteiger partial charge < -0.3 is 10.6 Å². The summed E-state index contributed by atoms with van der Waals surface area (Å²) < 4.78 is 0. The van der Waals surface area contributed by atoms with Crippen molar-refractivity contribution in [2.45, 2.75) is 52.5 Å². The van der Waals surface area contributed by atoms with Gasteiger partial charge in [0.25, 0.3) is 0 Å². The van der Waals surface area contributed by atoms with Gasteiger partial charge in [0.1, 0.15) is 0 Å². The lowest BCUT2D eigenvalue weighted by Gasteiger charge is -2.24. The van der Waals surface area contributed by atoms with Crippen LogP contribution in [0.1, 0.15) is 46.5 Å². The minimum Gasteiger partial charge on any atom is -0.344 e. The molecule has 0 heterocycles. The van der Waals surface area contributed by atoms with Crippen molar-refractivity contribution in [2.75, 3.05) is 13.6 Å². The van der Waals surface area contributed by atoms with E-state index in [2.05, 4.69) is 13.8 Å². The van der Waals surface area contributed by atoms with Gasteiger partial charge in [-0.2, -0.15) is 0 Å². The summed E-state index contributed by atoms with van der Waals surface area (Å²) in [6, 6.07) is -0.332. The lowest BCUT2D eigenvalue weighted by Crippen LogP contribution is -2.45. The van der Waals surface area contributed by atoms with Gasteiger partial charge in [-0.25, -0.2) is 0 Å². The molecule has 0 aliphatic carbocycles. The van der Waals surface area contributed by atoms with E-state index in [1.807, 2.05) is 14.0 Å². The van der Waals surface area contributed by atoms with Crippen LogP contribution in [-0.4, -0.2) is 30.4 Å². The van der Waals surface area contributed by atoms with Gasteiger partial charge in [-0.1, -0.05) is 40.0 Å². The van der Waals surface area contributed by atoms with E-state index < -0.39 is 0 Å². The number of nitrogens with zero attached hydrogens (tertiary/aromatic N) is 1. The zero-order valence-corrected chi connectivity index (χ0v) is 10.6. The fraction of sp³-hybridized carbons (Fsp3) is 0.917. The number of hydrogen-bond donors (Lipinski definition) is 1. The first kappa shape index (κ1) is 14.4. The maximum absolute atomic E-state index is 11.8. The molecule has 0 aromatic heterocycles. The molecule has 0 radical (unpaired) electrons. The topological polar surface area (TPSA) is 46.3 Å². The Morgan fingerprint density at radius 2 is 1.93 bits per heavy atom. The van der Waals surface area contributed by atoms with Crippen molar-refractivity contribution in [3.05, 3.63) is 0 Å². The number of hydrogen-bond acceptors (Lipinski definition) is 2. The molecule has 3 nitrogen and oxygen atoms in total. The second kappa shape index (κ2) is 7.69. The Kier molecular flexibility index (Phi) is 7.39. The van der Waals surface area contributed by atoms with Gasteiger partial charge in [-0.05, 0) is 12.3 Å². The highest BCUT2D eigenvalue weighted by Crippen LogP contribution is 2.08. The molecule has 0 fully saturated rings.